The summed E-state index contributed by atoms with van der Waals surface area (Å²) >= 11 is 1.35. The molecular weight excluding hydrogens is 382 g/mol. The highest BCUT2D eigenvalue weighted by Gasteiger charge is 2.21. The van der Waals surface area contributed by atoms with Crippen LogP contribution in [0.5, 0.6) is 5.75 Å². The summed E-state index contributed by atoms with van der Waals surface area (Å²) in [6.45, 7) is 10.5. The summed E-state index contributed by atoms with van der Waals surface area (Å²) in [6, 6.07) is 16.0. The highest BCUT2D eigenvalue weighted by molar-refractivity contribution is 7.18. The van der Waals surface area contributed by atoms with Crippen molar-refractivity contribution >= 4 is 22.4 Å². The lowest BCUT2D eigenvalue weighted by Gasteiger charge is -2.20. The Hall–Kier alpha value is -2.73. The first-order valence-electron chi connectivity index (χ1n) is 9.75. The van der Waals surface area contributed by atoms with Gasteiger partial charge >= 0.3 is 0 Å². The predicted molar refractivity (Wildman–Crippen MR) is 119 cm³/mol. The van der Waals surface area contributed by atoms with Crippen molar-refractivity contribution in [3.8, 4) is 16.3 Å². The maximum absolute atomic E-state index is 12.7. The normalized spacial score (nSPS) is 12.4. The van der Waals surface area contributed by atoms with Crippen molar-refractivity contribution in [3.63, 3.8) is 0 Å². The van der Waals surface area contributed by atoms with Crippen LogP contribution in [0.15, 0.2) is 48.5 Å². The molecule has 1 atom stereocenters. The summed E-state index contributed by atoms with van der Waals surface area (Å²) in [6.07, 6.45) is -0.0431. The molecule has 1 unspecified atom stereocenters. The Bertz CT molecular complexity index is 957. The second-order valence-electron chi connectivity index (χ2n) is 8.06. The zero-order valence-corrected chi connectivity index (χ0v) is 18.3. The molecule has 29 heavy (non-hydrogen) atoms. The molecule has 0 saturated carbocycles. The lowest BCUT2D eigenvalue weighted by molar-refractivity contribution is -0.122. The fraction of sp³-hybridized carbons (Fsp3) is 0.348. The number of nitrogens with zero attached hydrogens (tertiary/aromatic N) is 2. The topological polar surface area (TPSA) is 64.1 Å². The highest BCUT2D eigenvalue weighted by Crippen LogP contribution is 2.27. The van der Waals surface area contributed by atoms with Crippen molar-refractivity contribution in [2.75, 3.05) is 5.32 Å². The first kappa shape index (κ1) is 21.0. The summed E-state index contributed by atoms with van der Waals surface area (Å²) in [5.74, 6) is 0.455. The minimum absolute atomic E-state index is 0.0764. The summed E-state index contributed by atoms with van der Waals surface area (Å²) in [7, 11) is 0. The van der Waals surface area contributed by atoms with E-state index in [4.69, 9.17) is 4.74 Å². The van der Waals surface area contributed by atoms with Crippen LogP contribution in [0.25, 0.3) is 10.6 Å². The molecule has 5 nitrogen and oxygen atoms in total. The largest absolute Gasteiger partial charge is 0.481 e. The molecule has 1 aromatic heterocycles. The van der Waals surface area contributed by atoms with Crippen molar-refractivity contribution < 1.29 is 9.53 Å². The second kappa shape index (κ2) is 8.74. The Morgan fingerprint density at radius 1 is 1.07 bits per heavy atom. The van der Waals surface area contributed by atoms with Gasteiger partial charge in [-0.2, -0.15) is 0 Å². The van der Waals surface area contributed by atoms with Crippen LogP contribution < -0.4 is 10.1 Å². The average molecular weight is 410 g/mol. The molecule has 0 bridgehead atoms. The van der Waals surface area contributed by atoms with Gasteiger partial charge in [0.1, 0.15) is 10.8 Å². The molecule has 0 aliphatic heterocycles. The number of benzene rings is 2. The van der Waals surface area contributed by atoms with Crippen LogP contribution in [0, 0.1) is 6.92 Å². The molecule has 6 heteroatoms. The minimum Gasteiger partial charge on any atom is -0.481 e. The predicted octanol–water partition coefficient (Wildman–Crippen LogP) is 5.61. The van der Waals surface area contributed by atoms with Gasteiger partial charge in [0.25, 0.3) is 5.91 Å². The van der Waals surface area contributed by atoms with Crippen LogP contribution in [0.2, 0.25) is 0 Å². The lowest BCUT2D eigenvalue weighted by atomic mass is 9.87. The fourth-order valence-corrected chi connectivity index (χ4v) is 3.54. The summed E-state index contributed by atoms with van der Waals surface area (Å²) in [5.41, 5.74) is 3.47. The number of hydrogen-bond donors (Lipinski definition) is 1. The molecule has 0 fully saturated rings. The quantitative estimate of drug-likeness (QED) is 0.575. The number of nitrogens with one attached hydrogen (secondary N) is 1. The van der Waals surface area contributed by atoms with E-state index >= 15 is 0 Å². The number of aryl methyl sites for hydroxylation is 1. The summed E-state index contributed by atoms with van der Waals surface area (Å²) < 4.78 is 5.91. The molecule has 0 aliphatic rings. The minimum atomic E-state index is -0.595. The van der Waals surface area contributed by atoms with Crippen LogP contribution in [0.4, 0.5) is 5.13 Å². The van der Waals surface area contributed by atoms with Crippen molar-refractivity contribution in [1.82, 2.24) is 10.2 Å². The lowest BCUT2D eigenvalue weighted by Crippen LogP contribution is -2.32. The van der Waals surface area contributed by atoms with Crippen LogP contribution in [0.1, 0.15) is 45.2 Å². The van der Waals surface area contributed by atoms with Gasteiger partial charge in [0, 0.05) is 5.56 Å². The molecule has 0 radical (unpaired) electrons. The van der Waals surface area contributed by atoms with E-state index in [0.29, 0.717) is 17.3 Å². The van der Waals surface area contributed by atoms with Crippen molar-refractivity contribution in [1.29, 1.82) is 0 Å². The van der Waals surface area contributed by atoms with Gasteiger partial charge in [0.15, 0.2) is 6.10 Å². The van der Waals surface area contributed by atoms with E-state index in [1.807, 2.05) is 62.4 Å². The van der Waals surface area contributed by atoms with Crippen LogP contribution in [-0.4, -0.2) is 22.2 Å². The molecule has 3 rings (SSSR count). The van der Waals surface area contributed by atoms with E-state index in [0.717, 1.165) is 10.6 Å². The van der Waals surface area contributed by atoms with E-state index in [9.17, 15) is 4.79 Å². The molecule has 0 aliphatic carbocycles. The van der Waals surface area contributed by atoms with Crippen LogP contribution in [0.3, 0.4) is 0 Å². The van der Waals surface area contributed by atoms with Gasteiger partial charge in [-0.3, -0.25) is 10.1 Å². The van der Waals surface area contributed by atoms with Gasteiger partial charge in [-0.25, -0.2) is 0 Å². The molecule has 0 spiro atoms. The van der Waals surface area contributed by atoms with Gasteiger partial charge < -0.3 is 4.74 Å². The Morgan fingerprint density at radius 3 is 2.31 bits per heavy atom. The molecule has 1 N–H and O–H groups in total. The SMILES string of the molecule is CCC(Oc1ccc(C(C)(C)C)cc1)C(=O)Nc1nnc(-c2ccc(C)cc2)s1. The average Bonchev–Trinajstić information content (AvgIpc) is 3.14. The van der Waals surface area contributed by atoms with Gasteiger partial charge in [-0.1, -0.05) is 81.0 Å². The monoisotopic (exact) mass is 409 g/mol. The molecule has 152 valence electrons. The number of ether oxygens (including phenoxy) is 1. The Labute approximate surface area is 176 Å². The van der Waals surface area contributed by atoms with Crippen molar-refractivity contribution in [2.24, 2.45) is 0 Å². The number of hydrogen-bond acceptors (Lipinski definition) is 5. The molecule has 1 heterocycles. The molecular formula is C23H27N3O2S. The molecule has 1 amide bonds. The van der Waals surface area contributed by atoms with E-state index in [1.54, 1.807) is 0 Å². The van der Waals surface area contributed by atoms with Gasteiger partial charge in [-0.15, -0.1) is 10.2 Å². The third-order valence-corrected chi connectivity index (χ3v) is 5.50. The molecule has 3 aromatic rings. The van der Waals surface area contributed by atoms with Crippen molar-refractivity contribution in [3.05, 3.63) is 59.7 Å². The van der Waals surface area contributed by atoms with Crippen LogP contribution in [-0.2, 0) is 10.2 Å². The Morgan fingerprint density at radius 2 is 1.72 bits per heavy atom. The third-order valence-electron chi connectivity index (χ3n) is 4.62. The van der Waals surface area contributed by atoms with Gasteiger partial charge in [0.2, 0.25) is 5.13 Å². The smallest absolute Gasteiger partial charge is 0.267 e. The van der Waals surface area contributed by atoms with E-state index in [2.05, 4.69) is 36.3 Å². The Balaban J connectivity index is 1.65. The van der Waals surface area contributed by atoms with Gasteiger partial charge in [0.05, 0.1) is 0 Å². The number of carbonyl (C=O) groups excluding carboxylic acids is 1. The first-order valence-corrected chi connectivity index (χ1v) is 10.6. The number of rotatable bonds is 6. The number of carbonyl (C=O) groups is 1. The summed E-state index contributed by atoms with van der Waals surface area (Å²) in [5, 5.41) is 12.4. The van der Waals surface area contributed by atoms with Crippen molar-refractivity contribution in [2.45, 2.75) is 52.6 Å². The number of aromatic nitrogens is 2. The Kier molecular flexibility index (Phi) is 6.33. The zero-order valence-electron chi connectivity index (χ0n) is 17.5. The zero-order chi connectivity index (χ0) is 21.0. The third kappa shape index (κ3) is 5.41. The fourth-order valence-electron chi connectivity index (χ4n) is 2.79. The summed E-state index contributed by atoms with van der Waals surface area (Å²) in [4.78, 5) is 12.7. The number of anilines is 1. The first-order chi connectivity index (χ1) is 13.8. The number of amides is 1. The molecule has 0 saturated heterocycles. The van der Waals surface area contributed by atoms with E-state index in [-0.39, 0.29) is 11.3 Å². The van der Waals surface area contributed by atoms with E-state index < -0.39 is 6.10 Å². The maximum Gasteiger partial charge on any atom is 0.267 e. The standard InChI is InChI=1S/C23H27N3O2S/c1-6-19(28-18-13-11-17(12-14-18)23(3,4)5)20(27)24-22-26-25-21(29-22)16-9-7-15(2)8-10-16/h7-14,19H,6H2,1-5H3,(H,24,26,27). The van der Waals surface area contributed by atoms with Gasteiger partial charge in [-0.05, 0) is 36.5 Å². The maximum atomic E-state index is 12.7. The molecule has 2 aromatic carbocycles. The highest BCUT2D eigenvalue weighted by atomic mass is 32.1. The second-order valence-corrected chi connectivity index (χ2v) is 9.03. The van der Waals surface area contributed by atoms with E-state index in [1.165, 1.54) is 22.5 Å². The van der Waals surface area contributed by atoms with Crippen LogP contribution >= 0.6 is 11.3 Å².